The zero-order valence-corrected chi connectivity index (χ0v) is 26.0. The van der Waals surface area contributed by atoms with Crippen molar-refractivity contribution in [2.24, 2.45) is 0 Å². The largest absolute Gasteiger partial charge is 0.282 e. The van der Waals surface area contributed by atoms with Crippen molar-refractivity contribution < 1.29 is 0 Å². The number of aromatic nitrogens is 9. The Kier molecular flexibility index (Phi) is 5.20. The monoisotopic (exact) mass is 609 g/mol. The summed E-state index contributed by atoms with van der Waals surface area (Å²) in [5.74, 6) is 0. The number of fused-ring (bicyclic) bond motifs is 9. The summed E-state index contributed by atoms with van der Waals surface area (Å²) in [6.07, 6.45) is 0. The molecule has 0 fully saturated rings. The average Bonchev–Trinajstić information content (AvgIpc) is 3.43. The quantitative estimate of drug-likeness (QED) is 0.223. The minimum Gasteiger partial charge on any atom is -0.267 e. The van der Waals surface area contributed by atoms with Crippen molar-refractivity contribution in [2.45, 2.75) is 78.9 Å². The van der Waals surface area contributed by atoms with Crippen LogP contribution < -0.4 is 33.4 Å². The number of nitrogens with zero attached hydrogens (tertiary/aromatic N) is 9. The Morgan fingerprint density at radius 3 is 0.533 bits per heavy atom. The van der Waals surface area contributed by atoms with Crippen LogP contribution in [0.1, 0.15) is 62.3 Å². The van der Waals surface area contributed by atoms with Gasteiger partial charge in [0, 0.05) is 16.6 Å². The molecule has 0 aliphatic carbocycles. The third kappa shape index (κ3) is 3.57. The van der Waals surface area contributed by atoms with Crippen molar-refractivity contribution in [3.63, 3.8) is 0 Å². The van der Waals surface area contributed by atoms with E-state index in [0.717, 1.165) is 13.7 Å². The van der Waals surface area contributed by atoms with Gasteiger partial charge in [-0.2, -0.15) is 0 Å². The molecular weight excluding hydrogens is 582 g/mol. The van der Waals surface area contributed by atoms with Crippen molar-refractivity contribution in [1.82, 2.24) is 43.6 Å². The van der Waals surface area contributed by atoms with Gasteiger partial charge in [0.15, 0.2) is 33.1 Å². The molecule has 0 spiro atoms. The molecule has 0 aliphatic heterocycles. The molecule has 0 radical (unpaired) electrons. The van der Waals surface area contributed by atoms with Crippen LogP contribution in [0, 0.1) is 0 Å². The predicted molar refractivity (Wildman–Crippen MR) is 168 cm³/mol. The van der Waals surface area contributed by atoms with Crippen molar-refractivity contribution in [3.05, 3.63) is 62.1 Å². The lowest BCUT2D eigenvalue weighted by atomic mass is 10.1. The molecule has 15 heteroatoms. The molecule has 1 aromatic carbocycles. The molecule has 228 valence electrons. The number of rotatable bonds is 0. The van der Waals surface area contributed by atoms with Crippen LogP contribution in [-0.2, 0) is 16.6 Å². The minimum atomic E-state index is -0.902. The van der Waals surface area contributed by atoms with Crippen LogP contribution in [0.4, 0.5) is 0 Å². The molecule has 0 aliphatic rings. The number of benzene rings is 1. The van der Waals surface area contributed by atoms with Gasteiger partial charge in [-0.3, -0.25) is 42.5 Å². The molecule has 0 saturated carbocycles. The van der Waals surface area contributed by atoms with Crippen LogP contribution >= 0.6 is 0 Å². The highest BCUT2D eigenvalue weighted by Crippen LogP contribution is 2.31. The summed E-state index contributed by atoms with van der Waals surface area (Å²) in [6, 6.07) is 0. The van der Waals surface area contributed by atoms with Gasteiger partial charge >= 0.3 is 0 Å². The van der Waals surface area contributed by atoms with Crippen LogP contribution in [-0.4, -0.2) is 43.6 Å². The van der Waals surface area contributed by atoms with Crippen molar-refractivity contribution in [1.29, 1.82) is 0 Å². The Labute approximate surface area is 250 Å². The van der Waals surface area contributed by atoms with Gasteiger partial charge in [-0.1, -0.05) is 0 Å². The fourth-order valence-corrected chi connectivity index (χ4v) is 5.93. The average molecular weight is 610 g/mol. The summed E-state index contributed by atoms with van der Waals surface area (Å²) < 4.78 is 3.13. The first kappa shape index (κ1) is 28.4. The van der Waals surface area contributed by atoms with E-state index >= 15 is 0 Å². The highest BCUT2D eigenvalue weighted by molar-refractivity contribution is 6.20. The van der Waals surface area contributed by atoms with Crippen LogP contribution in [0.15, 0.2) is 28.8 Å². The molecule has 15 nitrogen and oxygen atoms in total. The molecular formula is C30H27N9O6. The van der Waals surface area contributed by atoms with Gasteiger partial charge < -0.3 is 0 Å². The Balaban J connectivity index is 1.81. The van der Waals surface area contributed by atoms with Gasteiger partial charge in [-0.15, -0.1) is 0 Å². The lowest BCUT2D eigenvalue weighted by Gasteiger charge is -2.18. The van der Waals surface area contributed by atoms with E-state index in [2.05, 4.69) is 29.9 Å². The molecule has 7 aromatic rings. The molecule has 6 aromatic heterocycles. The van der Waals surface area contributed by atoms with Gasteiger partial charge in [-0.25, -0.2) is 29.9 Å². The molecule has 45 heavy (non-hydrogen) atoms. The Morgan fingerprint density at radius 2 is 0.422 bits per heavy atom. The van der Waals surface area contributed by atoms with E-state index in [-0.39, 0.29) is 66.2 Å². The van der Waals surface area contributed by atoms with Gasteiger partial charge in [0.2, 0.25) is 0 Å². The first-order valence-corrected chi connectivity index (χ1v) is 14.2. The zero-order valence-electron chi connectivity index (χ0n) is 26.0. The van der Waals surface area contributed by atoms with Gasteiger partial charge in [0.05, 0.1) is 0 Å². The van der Waals surface area contributed by atoms with Crippen LogP contribution in [0.5, 0.6) is 0 Å². The summed E-state index contributed by atoms with van der Waals surface area (Å²) in [5, 5.41) is 0. The minimum absolute atomic E-state index is 0.0448. The zero-order chi connectivity index (χ0) is 32.9. The molecule has 0 bridgehead atoms. The third-order valence-corrected chi connectivity index (χ3v) is 7.81. The topological polar surface area (TPSA) is 195 Å². The van der Waals surface area contributed by atoms with E-state index in [1.807, 2.05) is 0 Å². The standard InChI is InChI=1S/C30H27N9O6/c1-28(2,3)37-22(40)16-17(23(37)41)32-11-10(31-16)12-14(35-20-18(33-12)24(42)38(26(20)44)29(4,5)6)15-13(11)34-19-21(36-15)27(45)39(25(19)43)30(7,8)9/h1-9H3. The lowest BCUT2D eigenvalue weighted by molar-refractivity contribution is 0.380. The summed E-state index contributed by atoms with van der Waals surface area (Å²) in [6.45, 7) is 15.2. The maximum Gasteiger partial charge on any atom is 0.282 e. The smallest absolute Gasteiger partial charge is 0.267 e. The summed E-state index contributed by atoms with van der Waals surface area (Å²) in [7, 11) is 0. The number of hydrogen-bond donors (Lipinski definition) is 0. The maximum atomic E-state index is 13.4. The Morgan fingerprint density at radius 1 is 0.289 bits per heavy atom. The second kappa shape index (κ2) is 8.22. The molecule has 0 unspecified atom stereocenters. The van der Waals surface area contributed by atoms with Gasteiger partial charge in [0.25, 0.3) is 33.4 Å². The van der Waals surface area contributed by atoms with Crippen LogP contribution in [0.25, 0.3) is 66.2 Å². The Hall–Kier alpha value is -5.34. The highest BCUT2D eigenvalue weighted by atomic mass is 16.2. The fourth-order valence-electron chi connectivity index (χ4n) is 5.93. The molecule has 0 atom stereocenters. The second-order valence-electron chi connectivity index (χ2n) is 14.2. The lowest BCUT2D eigenvalue weighted by Crippen LogP contribution is -2.38. The van der Waals surface area contributed by atoms with E-state index in [1.54, 1.807) is 62.3 Å². The van der Waals surface area contributed by atoms with Crippen LogP contribution in [0.3, 0.4) is 0 Å². The second-order valence-corrected chi connectivity index (χ2v) is 14.2. The highest BCUT2D eigenvalue weighted by Gasteiger charge is 2.31. The molecule has 0 N–H and O–H groups in total. The van der Waals surface area contributed by atoms with E-state index in [4.69, 9.17) is 0 Å². The normalized spacial score (nSPS) is 13.5. The molecule has 6 heterocycles. The summed E-state index contributed by atoms with van der Waals surface area (Å²) in [5.41, 5.74) is -8.42. The predicted octanol–water partition coefficient (Wildman–Crippen LogP) is 1.12. The first-order chi connectivity index (χ1) is 20.7. The van der Waals surface area contributed by atoms with Crippen molar-refractivity contribution >= 4 is 66.2 Å². The molecule has 7 rings (SSSR count). The van der Waals surface area contributed by atoms with Gasteiger partial charge in [-0.05, 0) is 62.3 Å². The SMILES string of the molecule is CC(C)(C)n1c(=O)c2nc3c4nc5c(=O)n(C(C)(C)C)c(=O)c5nc4c4nc5c(=O)n(C(C)(C)C)c(=O)c5nc4c3nc2c1=O. The summed E-state index contributed by atoms with van der Waals surface area (Å²) >= 11 is 0. The van der Waals surface area contributed by atoms with E-state index in [9.17, 15) is 28.8 Å². The molecule has 0 amide bonds. The number of hydrogen-bond acceptors (Lipinski definition) is 12. The van der Waals surface area contributed by atoms with Crippen molar-refractivity contribution in [3.8, 4) is 0 Å². The Bertz CT molecular complexity index is 2330. The van der Waals surface area contributed by atoms with Crippen LogP contribution in [0.2, 0.25) is 0 Å². The van der Waals surface area contributed by atoms with E-state index in [0.29, 0.717) is 0 Å². The van der Waals surface area contributed by atoms with E-state index < -0.39 is 50.0 Å². The third-order valence-electron chi connectivity index (χ3n) is 7.81. The first-order valence-electron chi connectivity index (χ1n) is 14.2. The molecule has 0 saturated heterocycles. The van der Waals surface area contributed by atoms with Gasteiger partial charge in [0.1, 0.15) is 33.1 Å². The van der Waals surface area contributed by atoms with E-state index in [1.165, 1.54) is 0 Å². The fraction of sp³-hybridized carbons (Fsp3) is 0.400. The van der Waals surface area contributed by atoms with Crippen molar-refractivity contribution in [2.75, 3.05) is 0 Å². The summed E-state index contributed by atoms with van der Waals surface area (Å²) in [4.78, 5) is 108. The maximum absolute atomic E-state index is 13.4.